The van der Waals surface area contributed by atoms with Gasteiger partial charge in [-0.15, -0.1) is 11.3 Å². The van der Waals surface area contributed by atoms with Gasteiger partial charge in [-0.05, 0) is 37.0 Å². The highest BCUT2D eigenvalue weighted by atomic mass is 32.1. The third-order valence-corrected chi connectivity index (χ3v) is 5.21. The molecule has 3 nitrogen and oxygen atoms in total. The minimum absolute atomic E-state index is 0.137. The van der Waals surface area contributed by atoms with Crippen molar-refractivity contribution >= 4 is 17.3 Å². The highest BCUT2D eigenvalue weighted by Crippen LogP contribution is 2.33. The number of hydrogen-bond donors (Lipinski definition) is 1. The lowest BCUT2D eigenvalue weighted by Crippen LogP contribution is -2.03. The zero-order chi connectivity index (χ0) is 19.4. The number of hydrogen-bond acceptors (Lipinski definition) is 3. The Morgan fingerprint density at radius 2 is 1.67 bits per heavy atom. The third kappa shape index (κ3) is 4.74. The Morgan fingerprint density at radius 3 is 2.26 bits per heavy atom. The van der Waals surface area contributed by atoms with Gasteiger partial charge in [0.15, 0.2) is 0 Å². The van der Waals surface area contributed by atoms with Crippen LogP contribution < -0.4 is 0 Å². The van der Waals surface area contributed by atoms with Crippen molar-refractivity contribution in [2.75, 3.05) is 0 Å². The summed E-state index contributed by atoms with van der Waals surface area (Å²) in [7, 11) is 0. The number of carboxylic acid groups (broad SMARTS) is 1. The molecule has 1 N–H and O–H groups in total. The number of rotatable bonds is 6. The highest BCUT2D eigenvalue weighted by Gasteiger charge is 2.30. The van der Waals surface area contributed by atoms with Crippen molar-refractivity contribution in [2.45, 2.75) is 25.4 Å². The molecule has 3 aromatic rings. The largest absolute Gasteiger partial charge is 0.477 e. The molecular formula is C20H16F3NO2S. The number of aryl methyl sites for hydroxylation is 2. The van der Waals surface area contributed by atoms with Crippen molar-refractivity contribution in [3.8, 4) is 10.6 Å². The summed E-state index contributed by atoms with van der Waals surface area (Å²) < 4.78 is 38.1. The lowest BCUT2D eigenvalue weighted by Gasteiger charge is -2.06. The van der Waals surface area contributed by atoms with Crippen LogP contribution in [0.5, 0.6) is 0 Å². The normalized spacial score (nSPS) is 11.5. The molecule has 0 bridgehead atoms. The molecule has 3 rings (SSSR count). The van der Waals surface area contributed by atoms with E-state index in [1.807, 2.05) is 30.3 Å². The van der Waals surface area contributed by atoms with E-state index in [-0.39, 0.29) is 4.88 Å². The van der Waals surface area contributed by atoms with Gasteiger partial charge >= 0.3 is 12.1 Å². The Kier molecular flexibility index (Phi) is 5.60. The number of alkyl halides is 3. The summed E-state index contributed by atoms with van der Waals surface area (Å²) in [5, 5.41) is 9.83. The van der Waals surface area contributed by atoms with E-state index in [2.05, 4.69) is 4.98 Å². The molecule has 0 aliphatic rings. The summed E-state index contributed by atoms with van der Waals surface area (Å²) >= 11 is 0.988. The molecule has 0 atom stereocenters. The van der Waals surface area contributed by atoms with Crippen LogP contribution >= 0.6 is 11.3 Å². The van der Waals surface area contributed by atoms with E-state index in [1.165, 1.54) is 12.1 Å². The molecule has 0 fully saturated rings. The molecule has 0 radical (unpaired) electrons. The maximum atomic E-state index is 12.7. The molecular weight excluding hydrogens is 375 g/mol. The minimum Gasteiger partial charge on any atom is -0.477 e. The van der Waals surface area contributed by atoms with Crippen LogP contribution in [0.3, 0.4) is 0 Å². The minimum atomic E-state index is -4.41. The van der Waals surface area contributed by atoms with Gasteiger partial charge in [-0.1, -0.05) is 42.5 Å². The number of aromatic carboxylic acids is 1. The molecule has 0 unspecified atom stereocenters. The van der Waals surface area contributed by atoms with E-state index in [0.29, 0.717) is 22.7 Å². The van der Waals surface area contributed by atoms with Crippen molar-refractivity contribution in [3.63, 3.8) is 0 Å². The Bertz CT molecular complexity index is 919. The van der Waals surface area contributed by atoms with Gasteiger partial charge in [0.2, 0.25) is 0 Å². The molecule has 1 heterocycles. The van der Waals surface area contributed by atoms with E-state index >= 15 is 0 Å². The number of nitrogens with zero attached hydrogens (tertiary/aromatic N) is 1. The highest BCUT2D eigenvalue weighted by molar-refractivity contribution is 7.17. The van der Waals surface area contributed by atoms with Crippen molar-refractivity contribution in [1.82, 2.24) is 4.98 Å². The topological polar surface area (TPSA) is 50.2 Å². The predicted molar refractivity (Wildman–Crippen MR) is 98.0 cm³/mol. The molecule has 0 amide bonds. The number of carboxylic acids is 1. The number of halogens is 3. The van der Waals surface area contributed by atoms with Crippen LogP contribution in [0.15, 0.2) is 54.6 Å². The molecule has 0 saturated heterocycles. The van der Waals surface area contributed by atoms with E-state index in [9.17, 15) is 23.1 Å². The predicted octanol–water partition coefficient (Wildman–Crippen LogP) is 5.70. The van der Waals surface area contributed by atoms with Gasteiger partial charge in [0, 0.05) is 5.56 Å². The van der Waals surface area contributed by atoms with Crippen LogP contribution in [0.4, 0.5) is 13.2 Å². The van der Waals surface area contributed by atoms with Crippen LogP contribution in [0.1, 0.15) is 32.9 Å². The quantitative estimate of drug-likeness (QED) is 0.586. The molecule has 27 heavy (non-hydrogen) atoms. The first-order valence-electron chi connectivity index (χ1n) is 8.29. The SMILES string of the molecule is O=C(O)c1sc(-c2ccc(C(F)(F)F)cc2)nc1CCCc1ccccc1. The third-order valence-electron chi connectivity index (χ3n) is 4.07. The van der Waals surface area contributed by atoms with Crippen molar-refractivity contribution in [1.29, 1.82) is 0 Å². The van der Waals surface area contributed by atoms with Crippen LogP contribution in [0.2, 0.25) is 0 Å². The second kappa shape index (κ2) is 7.92. The zero-order valence-corrected chi connectivity index (χ0v) is 15.0. The summed E-state index contributed by atoms with van der Waals surface area (Å²) in [6.07, 6.45) is -2.38. The number of thiazole rings is 1. The lowest BCUT2D eigenvalue weighted by atomic mass is 10.1. The first-order valence-corrected chi connectivity index (χ1v) is 9.11. The zero-order valence-electron chi connectivity index (χ0n) is 14.2. The van der Waals surface area contributed by atoms with Crippen molar-refractivity contribution < 1.29 is 23.1 Å². The summed E-state index contributed by atoms with van der Waals surface area (Å²) in [6, 6.07) is 14.4. The molecule has 140 valence electrons. The molecule has 1 aromatic heterocycles. The van der Waals surface area contributed by atoms with Gasteiger partial charge in [-0.3, -0.25) is 0 Å². The fourth-order valence-corrected chi connectivity index (χ4v) is 3.67. The summed E-state index contributed by atoms with van der Waals surface area (Å²) in [4.78, 5) is 16.0. The van der Waals surface area contributed by atoms with E-state index in [0.717, 1.165) is 41.9 Å². The van der Waals surface area contributed by atoms with Crippen LogP contribution in [-0.2, 0) is 19.0 Å². The first-order chi connectivity index (χ1) is 12.8. The fraction of sp³-hybridized carbons (Fsp3) is 0.200. The van der Waals surface area contributed by atoms with Crippen LogP contribution in [-0.4, -0.2) is 16.1 Å². The lowest BCUT2D eigenvalue weighted by molar-refractivity contribution is -0.137. The van der Waals surface area contributed by atoms with Gasteiger partial charge in [-0.25, -0.2) is 9.78 Å². The summed E-state index contributed by atoms with van der Waals surface area (Å²) in [5.74, 6) is -1.07. The van der Waals surface area contributed by atoms with E-state index in [1.54, 1.807) is 0 Å². The molecule has 2 aromatic carbocycles. The molecule has 0 aliphatic carbocycles. The van der Waals surface area contributed by atoms with Gasteiger partial charge in [0.1, 0.15) is 9.88 Å². The average Bonchev–Trinajstić information content (AvgIpc) is 3.06. The van der Waals surface area contributed by atoms with Crippen molar-refractivity contribution in [2.24, 2.45) is 0 Å². The molecule has 0 saturated carbocycles. The molecule has 7 heteroatoms. The standard InChI is InChI=1S/C20H16F3NO2S/c21-20(22,23)15-11-9-14(10-12-15)18-24-16(17(27-18)19(25)26)8-4-7-13-5-2-1-3-6-13/h1-3,5-6,9-12H,4,7-8H2,(H,25,26). The first kappa shape index (κ1) is 19.1. The van der Waals surface area contributed by atoms with Crippen LogP contribution in [0.25, 0.3) is 10.6 Å². The van der Waals surface area contributed by atoms with Crippen molar-refractivity contribution in [3.05, 3.63) is 76.3 Å². The smallest absolute Gasteiger partial charge is 0.416 e. The monoisotopic (exact) mass is 391 g/mol. The second-order valence-electron chi connectivity index (χ2n) is 6.01. The number of benzene rings is 2. The Labute approximate surface area is 158 Å². The second-order valence-corrected chi connectivity index (χ2v) is 7.01. The van der Waals surface area contributed by atoms with Crippen LogP contribution in [0, 0.1) is 0 Å². The van der Waals surface area contributed by atoms with E-state index in [4.69, 9.17) is 0 Å². The Morgan fingerprint density at radius 1 is 1.00 bits per heavy atom. The van der Waals surface area contributed by atoms with Gasteiger partial charge in [0.05, 0.1) is 11.3 Å². The summed E-state index contributed by atoms with van der Waals surface area (Å²) in [5.41, 5.74) is 1.36. The maximum absolute atomic E-state index is 12.7. The molecule has 0 aliphatic heterocycles. The maximum Gasteiger partial charge on any atom is 0.416 e. The molecule has 0 spiro atoms. The van der Waals surface area contributed by atoms with Gasteiger partial charge in [0.25, 0.3) is 0 Å². The van der Waals surface area contributed by atoms with Gasteiger partial charge in [-0.2, -0.15) is 13.2 Å². The number of carbonyl (C=O) groups is 1. The van der Waals surface area contributed by atoms with E-state index < -0.39 is 17.7 Å². The Hall–Kier alpha value is -2.67. The Balaban J connectivity index is 1.77. The number of aromatic nitrogens is 1. The fourth-order valence-electron chi connectivity index (χ4n) is 2.72. The van der Waals surface area contributed by atoms with Gasteiger partial charge < -0.3 is 5.11 Å². The summed E-state index contributed by atoms with van der Waals surface area (Å²) in [6.45, 7) is 0. The average molecular weight is 391 g/mol.